The number of ether oxygens (including phenoxy) is 1. The first kappa shape index (κ1) is 27.7. The first-order valence-corrected chi connectivity index (χ1v) is 13.6. The molecular weight excluding hydrogens is 551 g/mol. The number of halogens is 4. The van der Waals surface area contributed by atoms with Crippen molar-refractivity contribution in [3.05, 3.63) is 69.2 Å². The number of nitrogens with zero attached hydrogens (tertiary/aromatic N) is 5. The molecule has 1 atom stereocenters. The topological polar surface area (TPSA) is 63.0 Å². The lowest BCUT2D eigenvalue weighted by Gasteiger charge is -2.40. The molecule has 1 saturated heterocycles. The summed E-state index contributed by atoms with van der Waals surface area (Å²) in [6.45, 7) is 6.17. The highest BCUT2D eigenvalue weighted by atomic mass is 35.5. The predicted molar refractivity (Wildman–Crippen MR) is 148 cm³/mol. The molecule has 0 saturated carbocycles. The minimum atomic E-state index is -4.52. The van der Waals surface area contributed by atoms with E-state index in [4.69, 9.17) is 16.3 Å². The first-order chi connectivity index (χ1) is 18.6. The molecule has 3 heterocycles. The fraction of sp³-hybridized carbons (Fsp3) is 0.370. The number of hydrogen-bond acceptors (Lipinski definition) is 6. The lowest BCUT2D eigenvalue weighted by molar-refractivity contribution is -0.138. The molecule has 0 bridgehead atoms. The number of methoxy groups -OCH3 is 1. The summed E-state index contributed by atoms with van der Waals surface area (Å²) in [5.74, 6) is -0.276. The number of aromatic nitrogens is 2. The van der Waals surface area contributed by atoms with Gasteiger partial charge in [-0.2, -0.15) is 23.3 Å². The van der Waals surface area contributed by atoms with E-state index >= 15 is 0 Å². The van der Waals surface area contributed by atoms with Crippen molar-refractivity contribution in [3.63, 3.8) is 0 Å². The summed E-state index contributed by atoms with van der Waals surface area (Å²) in [5.41, 5.74) is 0.768. The van der Waals surface area contributed by atoms with Crippen LogP contribution in [0.15, 0.2) is 52.5 Å². The number of aliphatic imine (C=N–C) groups is 1. The van der Waals surface area contributed by atoms with E-state index in [1.54, 1.807) is 25.4 Å². The minimum absolute atomic E-state index is 0.0272. The average Bonchev–Trinajstić information content (AvgIpc) is 3.45. The van der Waals surface area contributed by atoms with Gasteiger partial charge in [0.1, 0.15) is 0 Å². The maximum atomic E-state index is 13.5. The Balaban J connectivity index is 1.30. The second kappa shape index (κ2) is 11.3. The van der Waals surface area contributed by atoms with Crippen LogP contribution in [0.5, 0.6) is 0 Å². The van der Waals surface area contributed by atoms with Crippen molar-refractivity contribution < 1.29 is 22.7 Å². The maximum absolute atomic E-state index is 13.5. The van der Waals surface area contributed by atoms with Crippen LogP contribution >= 0.6 is 23.4 Å². The molecule has 0 N–H and O–H groups in total. The van der Waals surface area contributed by atoms with Gasteiger partial charge in [0.25, 0.3) is 5.91 Å². The van der Waals surface area contributed by atoms with Gasteiger partial charge in [-0.15, -0.1) is 0 Å². The third-order valence-corrected chi connectivity index (χ3v) is 8.10. The molecule has 0 spiro atoms. The van der Waals surface area contributed by atoms with Crippen molar-refractivity contribution in [1.82, 2.24) is 19.6 Å². The predicted octanol–water partition coefficient (Wildman–Crippen LogP) is 5.38. The Hall–Kier alpha value is -2.86. The Labute approximate surface area is 233 Å². The number of rotatable bonds is 6. The number of piperazine rings is 1. The lowest BCUT2D eigenvalue weighted by Crippen LogP contribution is -2.53. The van der Waals surface area contributed by atoms with Crippen LogP contribution in [0, 0.1) is 0 Å². The van der Waals surface area contributed by atoms with Gasteiger partial charge in [-0.25, -0.2) is 0 Å². The Bertz CT molecular complexity index is 1450. The Morgan fingerprint density at radius 2 is 2.03 bits per heavy atom. The van der Waals surface area contributed by atoms with Crippen molar-refractivity contribution in [3.8, 4) is 0 Å². The number of amidine groups is 1. The number of carbonyl (C=O) groups excluding carboxylic acids is 1. The number of carbonyl (C=O) groups is 1. The molecule has 7 nitrogen and oxygen atoms in total. The van der Waals surface area contributed by atoms with Crippen LogP contribution in [0.3, 0.4) is 0 Å². The number of benzene rings is 2. The molecule has 2 aliphatic heterocycles. The van der Waals surface area contributed by atoms with Crippen LogP contribution in [0.25, 0.3) is 17.0 Å². The van der Waals surface area contributed by atoms with Gasteiger partial charge in [0.15, 0.2) is 5.17 Å². The molecule has 1 amide bonds. The van der Waals surface area contributed by atoms with Crippen LogP contribution in [-0.2, 0) is 22.3 Å². The monoisotopic (exact) mass is 577 g/mol. The van der Waals surface area contributed by atoms with Crippen LogP contribution < -0.4 is 0 Å². The molecule has 0 radical (unpaired) electrons. The molecule has 2 aliphatic rings. The van der Waals surface area contributed by atoms with Crippen molar-refractivity contribution in [2.24, 2.45) is 4.99 Å². The fourth-order valence-electron chi connectivity index (χ4n) is 4.85. The van der Waals surface area contributed by atoms with E-state index in [-0.39, 0.29) is 29.1 Å². The summed E-state index contributed by atoms with van der Waals surface area (Å²) in [6, 6.07) is 9.45. The summed E-state index contributed by atoms with van der Waals surface area (Å²) in [4.78, 5) is 22.1. The van der Waals surface area contributed by atoms with E-state index in [1.165, 1.54) is 28.6 Å². The average molecular weight is 578 g/mol. The van der Waals surface area contributed by atoms with E-state index in [9.17, 15) is 18.0 Å². The van der Waals surface area contributed by atoms with E-state index in [0.717, 1.165) is 43.2 Å². The number of hydrogen-bond donors (Lipinski definition) is 0. The Morgan fingerprint density at radius 3 is 2.77 bits per heavy atom. The van der Waals surface area contributed by atoms with Crippen LogP contribution in [0.1, 0.15) is 23.6 Å². The number of amides is 1. The third kappa shape index (κ3) is 6.16. The fourth-order valence-corrected chi connectivity index (χ4v) is 6.06. The van der Waals surface area contributed by atoms with Gasteiger partial charge < -0.3 is 9.64 Å². The lowest BCUT2D eigenvalue weighted by atomic mass is 10.1. The highest BCUT2D eigenvalue weighted by molar-refractivity contribution is 8.18. The molecular formula is C27H27ClF3N5O2S. The molecule has 0 aliphatic carbocycles. The molecule has 1 fully saturated rings. The van der Waals surface area contributed by atoms with Crippen LogP contribution in [-0.4, -0.2) is 76.6 Å². The summed E-state index contributed by atoms with van der Waals surface area (Å²) in [6.07, 6.45) is -1.12. The molecule has 1 aromatic heterocycles. The van der Waals surface area contributed by atoms with E-state index in [1.807, 2.05) is 12.1 Å². The second-order valence-corrected chi connectivity index (χ2v) is 11.0. The van der Waals surface area contributed by atoms with Gasteiger partial charge in [-0.05, 0) is 60.2 Å². The van der Waals surface area contributed by atoms with Gasteiger partial charge in [0, 0.05) is 49.7 Å². The zero-order valence-electron chi connectivity index (χ0n) is 21.4. The van der Waals surface area contributed by atoms with E-state index in [2.05, 4.69) is 26.8 Å². The molecule has 2 aromatic carbocycles. The molecule has 0 unspecified atom stereocenters. The first-order valence-electron chi connectivity index (χ1n) is 12.4. The summed E-state index contributed by atoms with van der Waals surface area (Å²) < 4.78 is 47.3. The van der Waals surface area contributed by atoms with Crippen molar-refractivity contribution in [1.29, 1.82) is 0 Å². The second-order valence-electron chi connectivity index (χ2n) is 9.57. The number of alkyl halides is 3. The number of fused-ring (bicyclic) bond motifs is 1. The van der Waals surface area contributed by atoms with Crippen molar-refractivity contribution >= 4 is 51.4 Å². The summed E-state index contributed by atoms with van der Waals surface area (Å²) >= 11 is 7.18. The van der Waals surface area contributed by atoms with Gasteiger partial charge in [0.2, 0.25) is 0 Å². The van der Waals surface area contributed by atoms with E-state index in [0.29, 0.717) is 22.2 Å². The van der Waals surface area contributed by atoms with Crippen molar-refractivity contribution in [2.75, 3.05) is 39.9 Å². The summed E-state index contributed by atoms with van der Waals surface area (Å²) in [7, 11) is 1.70. The highest BCUT2D eigenvalue weighted by Gasteiger charge is 2.34. The Kier molecular flexibility index (Phi) is 8.04. The van der Waals surface area contributed by atoms with E-state index < -0.39 is 11.7 Å². The standard InChI is InChI=1S/C27H27ClF3N5O2S/c1-17-15-34(9-10-38-2)7-8-35(17)26-33-25(37)24(39-26)12-18-3-6-23-20(11-18)14-32-36(23)16-19-4-5-21(28)13-22(19)27(29,30)31/h3-6,11-14,17H,7-10,15-16H2,1-2H3/b24-12-/t17-/m1/s1. The largest absolute Gasteiger partial charge is 0.416 e. The Morgan fingerprint density at radius 1 is 1.21 bits per heavy atom. The van der Waals surface area contributed by atoms with Gasteiger partial charge >= 0.3 is 6.18 Å². The molecule has 12 heteroatoms. The minimum Gasteiger partial charge on any atom is -0.383 e. The normalized spacial score (nSPS) is 19.9. The third-order valence-electron chi connectivity index (χ3n) is 6.84. The van der Waals surface area contributed by atoms with Gasteiger partial charge in [-0.1, -0.05) is 23.7 Å². The smallest absolute Gasteiger partial charge is 0.383 e. The zero-order chi connectivity index (χ0) is 27.7. The van der Waals surface area contributed by atoms with Crippen molar-refractivity contribution in [2.45, 2.75) is 25.7 Å². The van der Waals surface area contributed by atoms with Gasteiger partial charge in [-0.3, -0.25) is 14.4 Å². The number of thioether (sulfide) groups is 1. The quantitative estimate of drug-likeness (QED) is 0.367. The molecule has 5 rings (SSSR count). The summed E-state index contributed by atoms with van der Waals surface area (Å²) in [5, 5.41) is 5.80. The van der Waals surface area contributed by atoms with Gasteiger partial charge in [0.05, 0.1) is 35.3 Å². The molecule has 206 valence electrons. The maximum Gasteiger partial charge on any atom is 0.416 e. The zero-order valence-corrected chi connectivity index (χ0v) is 23.0. The van der Waals surface area contributed by atoms with Crippen LogP contribution in [0.2, 0.25) is 5.02 Å². The molecule has 39 heavy (non-hydrogen) atoms. The SMILES string of the molecule is COCCN1CCN(C2=NC(=O)/C(=C/c3ccc4c(cnn4Cc4ccc(Cl)cc4C(F)(F)F)c3)S2)[C@H](C)C1. The molecule has 3 aromatic rings. The highest BCUT2D eigenvalue weighted by Crippen LogP contribution is 2.35. The van der Waals surface area contributed by atoms with Crippen LogP contribution in [0.4, 0.5) is 13.2 Å².